The molecule has 1 N–H and O–H groups in total. The highest BCUT2D eigenvalue weighted by Crippen LogP contribution is 2.18. The van der Waals surface area contributed by atoms with Gasteiger partial charge in [0.2, 0.25) is 0 Å². The zero-order valence-electron chi connectivity index (χ0n) is 19.5. The van der Waals surface area contributed by atoms with E-state index in [4.69, 9.17) is 4.74 Å². The molecule has 0 saturated carbocycles. The van der Waals surface area contributed by atoms with Crippen molar-refractivity contribution in [1.82, 2.24) is 30.1 Å². The van der Waals surface area contributed by atoms with Crippen LogP contribution in [0.4, 0.5) is 0 Å². The average molecular weight is 459 g/mol. The number of aryl methyl sites for hydroxylation is 1. The van der Waals surface area contributed by atoms with Crippen molar-refractivity contribution in [2.24, 2.45) is 0 Å². The quantitative estimate of drug-likeness (QED) is 0.413. The minimum Gasteiger partial charge on any atom is -0.376 e. The number of nitrogens with zero attached hydrogens (tertiary/aromatic N) is 5. The van der Waals surface area contributed by atoms with Gasteiger partial charge in [0.05, 0.1) is 19.2 Å². The van der Waals surface area contributed by atoms with Crippen LogP contribution in [-0.4, -0.2) is 42.8 Å². The molecule has 1 aliphatic heterocycles. The molecule has 176 valence electrons. The molecule has 0 spiro atoms. The Morgan fingerprint density at radius 1 is 1.09 bits per heavy atom. The second-order valence-corrected chi connectivity index (χ2v) is 8.94. The maximum absolute atomic E-state index is 12.9. The zero-order chi connectivity index (χ0) is 23.3. The number of nitrogens with one attached hydrogen (secondary N) is 1. The van der Waals surface area contributed by atoms with E-state index in [-0.39, 0.29) is 11.7 Å². The van der Waals surface area contributed by atoms with Gasteiger partial charge in [-0.05, 0) is 64.4 Å². The third-order valence-electron chi connectivity index (χ3n) is 6.41. The highest BCUT2D eigenvalue weighted by atomic mass is 16.5. The second-order valence-electron chi connectivity index (χ2n) is 8.94. The molecular formula is C26H30N6O2. The number of rotatable bonds is 9. The first-order chi connectivity index (χ1) is 16.7. The van der Waals surface area contributed by atoms with Crippen molar-refractivity contribution in [3.8, 4) is 0 Å². The van der Waals surface area contributed by atoms with Gasteiger partial charge in [-0.2, -0.15) is 0 Å². The minimum atomic E-state index is -0.0613. The number of ether oxygens (including phenoxy) is 1. The highest BCUT2D eigenvalue weighted by Gasteiger charge is 2.20. The van der Waals surface area contributed by atoms with Crippen LogP contribution >= 0.6 is 0 Å². The first-order valence-corrected chi connectivity index (χ1v) is 12.0. The maximum atomic E-state index is 12.9. The predicted molar refractivity (Wildman–Crippen MR) is 130 cm³/mol. The van der Waals surface area contributed by atoms with Crippen LogP contribution in [0.3, 0.4) is 0 Å². The number of benzene rings is 2. The molecule has 1 fully saturated rings. The van der Waals surface area contributed by atoms with Crippen LogP contribution in [0.5, 0.6) is 0 Å². The van der Waals surface area contributed by atoms with Gasteiger partial charge in [-0.3, -0.25) is 9.69 Å². The largest absolute Gasteiger partial charge is 0.376 e. The number of hydrogen-bond donors (Lipinski definition) is 1. The van der Waals surface area contributed by atoms with Crippen LogP contribution in [0.15, 0.2) is 59.4 Å². The molecule has 5 rings (SSSR count). The fourth-order valence-corrected chi connectivity index (χ4v) is 4.55. The summed E-state index contributed by atoms with van der Waals surface area (Å²) in [6.07, 6.45) is 3.21. The van der Waals surface area contributed by atoms with E-state index >= 15 is 0 Å². The molecule has 0 amide bonds. The van der Waals surface area contributed by atoms with Gasteiger partial charge in [0, 0.05) is 30.8 Å². The SMILES string of the molecule is CCc1ccc2[nH]c(=O)c(CN(Cc3ccccc3)Cc3nnnn3C[C@H]3CCCO3)cc2c1. The lowest BCUT2D eigenvalue weighted by Gasteiger charge is -2.22. The zero-order valence-corrected chi connectivity index (χ0v) is 19.5. The van der Waals surface area contributed by atoms with E-state index in [0.717, 1.165) is 48.2 Å². The summed E-state index contributed by atoms with van der Waals surface area (Å²) in [5.41, 5.74) is 3.95. The van der Waals surface area contributed by atoms with Crippen molar-refractivity contribution in [3.63, 3.8) is 0 Å². The number of aromatic nitrogens is 5. The maximum Gasteiger partial charge on any atom is 0.252 e. The average Bonchev–Trinajstić information content (AvgIpc) is 3.52. The molecule has 4 aromatic rings. The molecule has 1 atom stereocenters. The van der Waals surface area contributed by atoms with Crippen molar-refractivity contribution < 1.29 is 4.74 Å². The summed E-state index contributed by atoms with van der Waals surface area (Å²) in [5.74, 6) is 0.775. The summed E-state index contributed by atoms with van der Waals surface area (Å²) in [4.78, 5) is 18.2. The molecule has 0 unspecified atom stereocenters. The lowest BCUT2D eigenvalue weighted by atomic mass is 10.1. The summed E-state index contributed by atoms with van der Waals surface area (Å²) < 4.78 is 7.62. The molecule has 8 nitrogen and oxygen atoms in total. The molecule has 1 aliphatic rings. The van der Waals surface area contributed by atoms with Crippen molar-refractivity contribution in [2.75, 3.05) is 6.61 Å². The lowest BCUT2D eigenvalue weighted by molar-refractivity contribution is 0.0914. The third kappa shape index (κ3) is 5.24. The Labute approximate surface area is 198 Å². The number of H-pyrrole nitrogens is 1. The Balaban J connectivity index is 1.42. The summed E-state index contributed by atoms with van der Waals surface area (Å²) >= 11 is 0. The van der Waals surface area contributed by atoms with E-state index in [1.165, 1.54) is 11.1 Å². The monoisotopic (exact) mass is 458 g/mol. The van der Waals surface area contributed by atoms with Gasteiger partial charge < -0.3 is 9.72 Å². The topological polar surface area (TPSA) is 88.9 Å². The number of hydrogen-bond acceptors (Lipinski definition) is 6. The number of tetrazole rings is 1. The molecule has 0 aliphatic carbocycles. The van der Waals surface area contributed by atoms with Crippen LogP contribution in [0.25, 0.3) is 10.9 Å². The van der Waals surface area contributed by atoms with Gasteiger partial charge in [0.15, 0.2) is 5.82 Å². The van der Waals surface area contributed by atoms with Crippen molar-refractivity contribution in [3.05, 3.63) is 87.5 Å². The summed E-state index contributed by atoms with van der Waals surface area (Å²) in [6.45, 7) is 5.28. The van der Waals surface area contributed by atoms with Gasteiger partial charge in [0.1, 0.15) is 0 Å². The smallest absolute Gasteiger partial charge is 0.252 e. The molecule has 8 heteroatoms. The van der Waals surface area contributed by atoms with E-state index in [0.29, 0.717) is 26.2 Å². The molecule has 2 aromatic heterocycles. The van der Waals surface area contributed by atoms with Crippen LogP contribution in [0.1, 0.15) is 42.3 Å². The van der Waals surface area contributed by atoms with E-state index < -0.39 is 0 Å². The first-order valence-electron chi connectivity index (χ1n) is 12.0. The molecule has 34 heavy (non-hydrogen) atoms. The number of pyridine rings is 1. The Morgan fingerprint density at radius 2 is 1.97 bits per heavy atom. The predicted octanol–water partition coefficient (Wildman–Crippen LogP) is 3.46. The molecule has 3 heterocycles. The van der Waals surface area contributed by atoms with Gasteiger partial charge in [-0.25, -0.2) is 4.68 Å². The van der Waals surface area contributed by atoms with Gasteiger partial charge in [0.25, 0.3) is 5.56 Å². The first kappa shape index (κ1) is 22.4. The van der Waals surface area contributed by atoms with Crippen LogP contribution < -0.4 is 5.56 Å². The standard InChI is InChI=1S/C26H30N6O2/c1-2-19-10-11-24-21(13-19)14-22(26(33)27-24)16-31(15-20-7-4-3-5-8-20)18-25-28-29-30-32(25)17-23-9-6-12-34-23/h3-5,7-8,10-11,13-14,23H,2,6,9,12,15-18H2,1H3,(H,27,33)/t23-/m1/s1. The van der Waals surface area contributed by atoms with Gasteiger partial charge in [-0.15, -0.1) is 5.10 Å². The van der Waals surface area contributed by atoms with Crippen LogP contribution in [-0.2, 0) is 37.3 Å². The van der Waals surface area contributed by atoms with Gasteiger partial charge in [-0.1, -0.05) is 43.3 Å². The normalized spacial score (nSPS) is 16.0. The fourth-order valence-electron chi connectivity index (χ4n) is 4.55. The summed E-state index contributed by atoms with van der Waals surface area (Å²) in [5, 5.41) is 13.5. The molecule has 0 bridgehead atoms. The summed E-state index contributed by atoms with van der Waals surface area (Å²) in [7, 11) is 0. The summed E-state index contributed by atoms with van der Waals surface area (Å²) in [6, 6.07) is 18.5. The Hall–Kier alpha value is -3.36. The molecule has 1 saturated heterocycles. The Kier molecular flexibility index (Phi) is 6.78. The van der Waals surface area contributed by atoms with Crippen LogP contribution in [0.2, 0.25) is 0 Å². The van der Waals surface area contributed by atoms with E-state index in [1.807, 2.05) is 35.0 Å². The Morgan fingerprint density at radius 3 is 2.76 bits per heavy atom. The minimum absolute atomic E-state index is 0.0613. The third-order valence-corrected chi connectivity index (χ3v) is 6.41. The van der Waals surface area contributed by atoms with Crippen molar-refractivity contribution in [2.45, 2.75) is 58.5 Å². The highest BCUT2D eigenvalue weighted by molar-refractivity contribution is 5.79. The van der Waals surface area contributed by atoms with E-state index in [9.17, 15) is 4.79 Å². The van der Waals surface area contributed by atoms with Gasteiger partial charge >= 0.3 is 0 Å². The molecule has 0 radical (unpaired) electrons. The number of fused-ring (bicyclic) bond motifs is 1. The number of aromatic amines is 1. The molecule has 2 aromatic carbocycles. The van der Waals surface area contributed by atoms with Crippen LogP contribution in [0, 0.1) is 0 Å². The molecular weight excluding hydrogens is 428 g/mol. The van der Waals surface area contributed by atoms with Crippen molar-refractivity contribution in [1.29, 1.82) is 0 Å². The fraction of sp³-hybridized carbons (Fsp3) is 0.385. The van der Waals surface area contributed by atoms with Crippen molar-refractivity contribution >= 4 is 10.9 Å². The second kappa shape index (κ2) is 10.3. The van der Waals surface area contributed by atoms with E-state index in [1.54, 1.807) is 0 Å². The van der Waals surface area contributed by atoms with E-state index in [2.05, 4.69) is 56.6 Å². The Bertz CT molecular complexity index is 1290. The lowest BCUT2D eigenvalue weighted by Crippen LogP contribution is -2.29.